The van der Waals surface area contributed by atoms with E-state index in [1.807, 2.05) is 13.8 Å². The van der Waals surface area contributed by atoms with Crippen LogP contribution in [0.25, 0.3) is 0 Å². The molecule has 0 bridgehead atoms. The molecule has 2 N–H and O–H groups in total. The monoisotopic (exact) mass is 291 g/mol. The van der Waals surface area contributed by atoms with Gasteiger partial charge in [0.25, 0.3) is 11.8 Å². The minimum Gasteiger partial charge on any atom is -0.312 e. The maximum Gasteiger partial charge on any atom is 0.323 e. The molecule has 1 unspecified atom stereocenters. The predicted molar refractivity (Wildman–Crippen MR) is 71.9 cm³/mol. The van der Waals surface area contributed by atoms with Gasteiger partial charge in [0.15, 0.2) is 0 Å². The van der Waals surface area contributed by atoms with Gasteiger partial charge in [0.2, 0.25) is 5.54 Å². The summed E-state index contributed by atoms with van der Waals surface area (Å²) in [6, 6.07) is 3.05. The van der Waals surface area contributed by atoms with E-state index in [1.165, 1.54) is 17.0 Å². The number of amides is 4. The van der Waals surface area contributed by atoms with Gasteiger partial charge in [-0.05, 0) is 24.1 Å². The molecular formula is C14H14FN3O3. The minimum absolute atomic E-state index is 0.155. The zero-order chi connectivity index (χ0) is 15.4. The fourth-order valence-corrected chi connectivity index (χ4v) is 2.81. The van der Waals surface area contributed by atoms with Gasteiger partial charge in [-0.15, -0.1) is 0 Å². The van der Waals surface area contributed by atoms with Gasteiger partial charge in [-0.2, -0.15) is 0 Å². The second kappa shape index (κ2) is 4.28. The number of hydrogen-bond acceptors (Lipinski definition) is 3. The third-order valence-electron chi connectivity index (χ3n) is 3.64. The first kappa shape index (κ1) is 13.5. The fourth-order valence-electron chi connectivity index (χ4n) is 2.81. The molecule has 2 aliphatic heterocycles. The molecule has 1 atom stereocenters. The number of imide groups is 1. The number of nitrogens with one attached hydrogen (secondary N) is 2. The zero-order valence-corrected chi connectivity index (χ0v) is 11.6. The molecule has 0 radical (unpaired) electrons. The van der Waals surface area contributed by atoms with Crippen molar-refractivity contribution in [3.05, 3.63) is 29.6 Å². The first-order valence-corrected chi connectivity index (χ1v) is 6.62. The molecule has 21 heavy (non-hydrogen) atoms. The summed E-state index contributed by atoms with van der Waals surface area (Å²) in [6.45, 7) is 4.23. The Kier molecular flexibility index (Phi) is 2.76. The number of carbonyl (C=O) groups excluding carboxylic acids is 3. The lowest BCUT2D eigenvalue weighted by Crippen LogP contribution is -2.52. The van der Waals surface area contributed by atoms with Crippen molar-refractivity contribution < 1.29 is 18.8 Å². The Balaban J connectivity index is 2.20. The molecule has 2 aliphatic rings. The number of carbonyl (C=O) groups is 3. The van der Waals surface area contributed by atoms with Crippen LogP contribution in [-0.2, 0) is 15.1 Å². The Morgan fingerprint density at radius 2 is 2.00 bits per heavy atom. The average molecular weight is 291 g/mol. The third-order valence-corrected chi connectivity index (χ3v) is 3.64. The van der Waals surface area contributed by atoms with Gasteiger partial charge in [0, 0.05) is 12.1 Å². The summed E-state index contributed by atoms with van der Waals surface area (Å²) < 4.78 is 13.6. The number of urea groups is 1. The van der Waals surface area contributed by atoms with E-state index in [0.29, 0.717) is 12.2 Å². The highest BCUT2D eigenvalue weighted by Crippen LogP contribution is 2.42. The van der Waals surface area contributed by atoms with Gasteiger partial charge in [0.1, 0.15) is 5.82 Å². The molecule has 0 aromatic heterocycles. The second-order valence-corrected chi connectivity index (χ2v) is 5.63. The number of nitrogens with zero attached hydrogens (tertiary/aromatic N) is 1. The van der Waals surface area contributed by atoms with Crippen LogP contribution in [0.1, 0.15) is 19.4 Å². The van der Waals surface area contributed by atoms with Crippen molar-refractivity contribution in [2.24, 2.45) is 5.92 Å². The van der Waals surface area contributed by atoms with E-state index in [4.69, 9.17) is 0 Å². The molecule has 1 aromatic rings. The lowest BCUT2D eigenvalue weighted by atomic mass is 9.91. The number of hydrogen-bond donors (Lipinski definition) is 2. The van der Waals surface area contributed by atoms with Gasteiger partial charge in [-0.1, -0.05) is 13.8 Å². The summed E-state index contributed by atoms with van der Waals surface area (Å²) >= 11 is 0. The van der Waals surface area contributed by atoms with Crippen LogP contribution in [0.4, 0.5) is 14.9 Å². The summed E-state index contributed by atoms with van der Waals surface area (Å²) in [7, 11) is 0. The first-order valence-electron chi connectivity index (χ1n) is 6.62. The van der Waals surface area contributed by atoms with Crippen molar-refractivity contribution in [3.8, 4) is 0 Å². The average Bonchev–Trinajstić information content (AvgIpc) is 2.80. The van der Waals surface area contributed by atoms with Crippen molar-refractivity contribution in [3.63, 3.8) is 0 Å². The highest BCUT2D eigenvalue weighted by molar-refractivity contribution is 6.27. The topological polar surface area (TPSA) is 78.5 Å². The van der Waals surface area contributed by atoms with E-state index in [-0.39, 0.29) is 11.5 Å². The van der Waals surface area contributed by atoms with Gasteiger partial charge < -0.3 is 10.2 Å². The minimum atomic E-state index is -1.84. The van der Waals surface area contributed by atoms with Crippen molar-refractivity contribution in [2.75, 3.05) is 11.4 Å². The molecule has 110 valence electrons. The molecule has 2 heterocycles. The fraction of sp³-hybridized carbons (Fsp3) is 0.357. The molecule has 1 saturated heterocycles. The Morgan fingerprint density at radius 3 is 2.57 bits per heavy atom. The van der Waals surface area contributed by atoms with Crippen molar-refractivity contribution >= 4 is 23.5 Å². The maximum absolute atomic E-state index is 13.6. The highest BCUT2D eigenvalue weighted by atomic mass is 19.1. The van der Waals surface area contributed by atoms with Crippen LogP contribution in [0.5, 0.6) is 0 Å². The zero-order valence-electron chi connectivity index (χ0n) is 11.6. The van der Waals surface area contributed by atoms with E-state index in [9.17, 15) is 18.8 Å². The summed E-state index contributed by atoms with van der Waals surface area (Å²) in [5.74, 6) is -1.74. The number of fused-ring (bicyclic) bond motifs is 2. The molecule has 3 rings (SSSR count). The molecule has 1 spiro atoms. The van der Waals surface area contributed by atoms with E-state index < -0.39 is 29.2 Å². The largest absolute Gasteiger partial charge is 0.323 e. The second-order valence-electron chi connectivity index (χ2n) is 5.63. The SMILES string of the molecule is CC(C)CN1C(=O)C2(NC(=O)NC2=O)c2cc(F)ccc21. The van der Waals surface area contributed by atoms with Crippen LogP contribution in [0.15, 0.2) is 18.2 Å². The van der Waals surface area contributed by atoms with Gasteiger partial charge in [-0.3, -0.25) is 14.9 Å². The van der Waals surface area contributed by atoms with Crippen LogP contribution < -0.4 is 15.5 Å². The van der Waals surface area contributed by atoms with Crippen LogP contribution in [0.2, 0.25) is 0 Å². The van der Waals surface area contributed by atoms with Crippen LogP contribution in [-0.4, -0.2) is 24.4 Å². The standard InChI is InChI=1S/C14H14FN3O3/c1-7(2)6-18-10-4-3-8(15)5-9(10)14(12(18)20)11(19)16-13(21)17-14/h3-5,7H,6H2,1-2H3,(H2,16,17,19,21). The van der Waals surface area contributed by atoms with Crippen LogP contribution >= 0.6 is 0 Å². The van der Waals surface area contributed by atoms with E-state index in [1.54, 1.807) is 0 Å². The Hall–Kier alpha value is -2.44. The number of anilines is 1. The van der Waals surface area contributed by atoms with E-state index in [2.05, 4.69) is 10.6 Å². The molecule has 4 amide bonds. The highest BCUT2D eigenvalue weighted by Gasteiger charge is 2.61. The molecular weight excluding hydrogens is 277 g/mol. The number of benzene rings is 1. The normalized spacial score (nSPS) is 23.8. The third kappa shape index (κ3) is 1.73. The Morgan fingerprint density at radius 1 is 1.29 bits per heavy atom. The van der Waals surface area contributed by atoms with Crippen LogP contribution in [0, 0.1) is 11.7 Å². The summed E-state index contributed by atoms with van der Waals surface area (Å²) in [6.07, 6.45) is 0. The predicted octanol–water partition coefficient (Wildman–Crippen LogP) is 0.863. The summed E-state index contributed by atoms with van der Waals surface area (Å²) in [5.41, 5.74) is -1.22. The van der Waals surface area contributed by atoms with E-state index >= 15 is 0 Å². The van der Waals surface area contributed by atoms with Crippen molar-refractivity contribution in [2.45, 2.75) is 19.4 Å². The molecule has 1 fully saturated rings. The summed E-state index contributed by atoms with van der Waals surface area (Å²) in [5, 5.41) is 4.41. The van der Waals surface area contributed by atoms with Crippen LogP contribution in [0.3, 0.4) is 0 Å². The Bertz CT molecular complexity index is 673. The molecule has 1 aromatic carbocycles. The maximum atomic E-state index is 13.6. The first-order chi connectivity index (χ1) is 9.86. The smallest absolute Gasteiger partial charge is 0.312 e. The summed E-state index contributed by atoms with van der Waals surface area (Å²) in [4.78, 5) is 37.8. The lowest BCUT2D eigenvalue weighted by Gasteiger charge is -2.22. The number of rotatable bonds is 2. The molecule has 0 aliphatic carbocycles. The van der Waals surface area contributed by atoms with Gasteiger partial charge in [0.05, 0.1) is 5.69 Å². The van der Waals surface area contributed by atoms with E-state index in [0.717, 1.165) is 6.07 Å². The van der Waals surface area contributed by atoms with Crippen molar-refractivity contribution in [1.29, 1.82) is 0 Å². The molecule has 6 nitrogen and oxygen atoms in total. The number of halogens is 1. The van der Waals surface area contributed by atoms with Gasteiger partial charge >= 0.3 is 6.03 Å². The molecule has 0 saturated carbocycles. The van der Waals surface area contributed by atoms with Crippen molar-refractivity contribution in [1.82, 2.24) is 10.6 Å². The van der Waals surface area contributed by atoms with Gasteiger partial charge in [-0.25, -0.2) is 9.18 Å². The quantitative estimate of drug-likeness (QED) is 0.626. The molecule has 7 heteroatoms. The Labute approximate surface area is 120 Å². The lowest BCUT2D eigenvalue weighted by molar-refractivity contribution is -0.134.